The summed E-state index contributed by atoms with van der Waals surface area (Å²) in [5.41, 5.74) is -1.10. The quantitative estimate of drug-likeness (QED) is 0.507. The lowest BCUT2D eigenvalue weighted by atomic mass is 10.1. The van der Waals surface area contributed by atoms with E-state index in [9.17, 15) is 56.3 Å². The molecule has 0 spiro atoms. The molecule has 1 rings (SSSR count). The van der Waals surface area contributed by atoms with Crippen LogP contribution in [0.5, 0.6) is 0 Å². The summed E-state index contributed by atoms with van der Waals surface area (Å²) in [5.74, 6) is -14.8. The van der Waals surface area contributed by atoms with Crippen molar-refractivity contribution >= 4 is 25.8 Å². The predicted octanol–water partition coefficient (Wildman–Crippen LogP) is 3.10. The minimum absolute atomic E-state index is 0.330. The predicted molar refractivity (Wildman–Crippen MR) is 69.7 cm³/mol. The van der Waals surface area contributed by atoms with Crippen LogP contribution in [0.15, 0.2) is 29.2 Å². The Morgan fingerprint density at radius 3 is 1.48 bits per heavy atom. The highest BCUT2D eigenvalue weighted by atomic mass is 32.2. The molecule has 0 aliphatic carbocycles. The van der Waals surface area contributed by atoms with E-state index in [0.29, 0.717) is 29.0 Å². The average molecular weight is 455 g/mol. The van der Waals surface area contributed by atoms with E-state index in [4.69, 9.17) is 4.55 Å². The van der Waals surface area contributed by atoms with Crippen molar-refractivity contribution in [3.63, 3.8) is 0 Å². The number of rotatable bonds is 6. The highest BCUT2D eigenvalue weighted by molar-refractivity contribution is 7.93. The second kappa shape index (κ2) is 6.40. The lowest BCUT2D eigenvalue weighted by Gasteiger charge is -2.33. The number of benzene rings is 1. The normalized spacial score (nSPS) is 14.9. The molecule has 27 heavy (non-hydrogen) atoms. The van der Waals surface area contributed by atoms with Crippen LogP contribution in [0, 0.1) is 0 Å². The van der Waals surface area contributed by atoms with Gasteiger partial charge in [0.2, 0.25) is 0 Å². The average Bonchev–Trinajstić information content (AvgIpc) is 2.44. The van der Waals surface area contributed by atoms with E-state index >= 15 is 0 Å². The fraction of sp³-hybridized carbons (Fsp3) is 0.400. The minimum Gasteiger partial charge on any atom is -0.282 e. The first-order chi connectivity index (χ1) is 11.7. The Morgan fingerprint density at radius 1 is 0.741 bits per heavy atom. The third-order valence-electron chi connectivity index (χ3n) is 2.86. The molecule has 0 aromatic heterocycles. The third-order valence-corrected chi connectivity index (χ3v) is 5.16. The van der Waals surface area contributed by atoms with Gasteiger partial charge in [0.15, 0.2) is 0 Å². The fourth-order valence-electron chi connectivity index (χ4n) is 1.44. The van der Waals surface area contributed by atoms with E-state index in [0.717, 1.165) is 0 Å². The Hall–Kier alpha value is -1.75. The smallest absolute Gasteiger partial charge is 0.282 e. The molecular weight excluding hydrogens is 449 g/mol. The topological polar surface area (TPSA) is 101 Å². The van der Waals surface area contributed by atoms with Gasteiger partial charge in [-0.2, -0.15) is 56.3 Å². The summed E-state index contributed by atoms with van der Waals surface area (Å²) < 4.78 is 168. The van der Waals surface area contributed by atoms with Crippen LogP contribution in [0.25, 0.3) is 0 Å². The van der Waals surface area contributed by atoms with Crippen LogP contribution in [0.4, 0.5) is 45.2 Å². The van der Waals surface area contributed by atoms with E-state index in [1.54, 1.807) is 0 Å². The van der Waals surface area contributed by atoms with E-state index in [-0.39, 0.29) is 0 Å². The molecule has 1 aromatic carbocycles. The molecule has 0 radical (unpaired) electrons. The minimum atomic E-state index is -7.41. The maximum atomic E-state index is 13.4. The molecule has 156 valence electrons. The molecule has 0 aliphatic rings. The van der Waals surface area contributed by atoms with Crippen LogP contribution in [-0.4, -0.2) is 44.7 Å². The molecule has 1 aromatic rings. The second-order valence-corrected chi connectivity index (χ2v) is 7.91. The second-order valence-electron chi connectivity index (χ2n) is 4.77. The summed E-state index contributed by atoms with van der Waals surface area (Å²) in [6, 6.07) is 1.45. The maximum Gasteiger partial charge on any atom is 0.460 e. The van der Waals surface area contributed by atoms with Gasteiger partial charge in [0, 0.05) is 5.69 Å². The van der Waals surface area contributed by atoms with Gasteiger partial charge < -0.3 is 0 Å². The SMILES string of the molecule is O=S(=O)(O)c1ccc(NS(=O)(=O)C(F)(F)C(F)(F)C(F)(F)C(F)(F)F)cc1. The lowest BCUT2D eigenvalue weighted by molar-refractivity contribution is -0.382. The Morgan fingerprint density at radius 2 is 1.15 bits per heavy atom. The monoisotopic (exact) mass is 455 g/mol. The van der Waals surface area contributed by atoms with Gasteiger partial charge in [0.25, 0.3) is 10.1 Å². The zero-order valence-electron chi connectivity index (χ0n) is 12.1. The van der Waals surface area contributed by atoms with Crippen LogP contribution < -0.4 is 4.72 Å². The van der Waals surface area contributed by atoms with Gasteiger partial charge in [-0.3, -0.25) is 9.27 Å². The highest BCUT2D eigenvalue weighted by Crippen LogP contribution is 2.54. The number of sulfonamides is 1. The van der Waals surface area contributed by atoms with Gasteiger partial charge >= 0.3 is 33.3 Å². The Bertz CT molecular complexity index is 907. The maximum absolute atomic E-state index is 13.4. The first-order valence-electron chi connectivity index (χ1n) is 5.98. The van der Waals surface area contributed by atoms with Gasteiger partial charge in [0.05, 0.1) is 4.90 Å². The van der Waals surface area contributed by atoms with E-state index in [1.165, 1.54) is 0 Å². The number of alkyl halides is 9. The summed E-state index contributed by atoms with van der Waals surface area (Å²) in [4.78, 5) is -0.897. The summed E-state index contributed by atoms with van der Waals surface area (Å²) in [5, 5.41) is -6.94. The van der Waals surface area contributed by atoms with E-state index < -0.39 is 54.0 Å². The van der Waals surface area contributed by atoms with Crippen LogP contribution in [-0.2, 0) is 20.1 Å². The molecule has 0 aliphatic heterocycles. The van der Waals surface area contributed by atoms with Crippen LogP contribution in [0.1, 0.15) is 0 Å². The molecule has 2 N–H and O–H groups in total. The molecule has 0 fully saturated rings. The Balaban J connectivity index is 3.33. The van der Waals surface area contributed by atoms with Crippen molar-refractivity contribution in [2.75, 3.05) is 4.72 Å². The summed E-state index contributed by atoms with van der Waals surface area (Å²) in [6.45, 7) is 0. The molecule has 0 bridgehead atoms. The first kappa shape index (κ1) is 23.3. The van der Waals surface area contributed by atoms with Crippen molar-refractivity contribution in [2.45, 2.75) is 28.2 Å². The van der Waals surface area contributed by atoms with Gasteiger partial charge in [-0.05, 0) is 24.3 Å². The third kappa shape index (κ3) is 3.93. The standard InChI is InChI=1S/C10H6F9NO5S2/c11-7(12,9(15,16)17)8(13,14)10(18,19)27(24,25)20-5-1-3-6(4-2-5)26(21,22)23/h1-4,20H,(H,21,22,23). The van der Waals surface area contributed by atoms with Crippen molar-refractivity contribution in [1.82, 2.24) is 0 Å². The molecule has 0 saturated carbocycles. The number of nitrogens with one attached hydrogen (secondary N) is 1. The van der Waals surface area contributed by atoms with Crippen molar-refractivity contribution in [3.8, 4) is 0 Å². The number of anilines is 1. The van der Waals surface area contributed by atoms with Crippen LogP contribution in [0.2, 0.25) is 0 Å². The largest absolute Gasteiger partial charge is 0.460 e. The first-order valence-corrected chi connectivity index (χ1v) is 8.91. The Kier molecular flexibility index (Phi) is 5.52. The summed E-state index contributed by atoms with van der Waals surface area (Å²) >= 11 is 0. The van der Waals surface area contributed by atoms with Crippen molar-refractivity contribution < 1.29 is 60.9 Å². The zero-order valence-corrected chi connectivity index (χ0v) is 13.7. The van der Waals surface area contributed by atoms with Crippen LogP contribution >= 0.6 is 0 Å². The van der Waals surface area contributed by atoms with Gasteiger partial charge in [-0.1, -0.05) is 0 Å². The Labute approximate surface area is 144 Å². The highest BCUT2D eigenvalue weighted by Gasteiger charge is 2.85. The number of hydrogen-bond acceptors (Lipinski definition) is 4. The van der Waals surface area contributed by atoms with E-state index in [1.807, 2.05) is 0 Å². The molecule has 0 heterocycles. The summed E-state index contributed by atoms with van der Waals surface area (Å²) in [6.07, 6.45) is -7.20. The van der Waals surface area contributed by atoms with Gasteiger partial charge in [-0.15, -0.1) is 0 Å². The molecule has 6 nitrogen and oxygen atoms in total. The molecule has 17 heteroatoms. The zero-order chi connectivity index (χ0) is 21.7. The molecule has 0 amide bonds. The molecule has 0 saturated heterocycles. The number of hydrogen-bond donors (Lipinski definition) is 2. The number of halogens is 9. The van der Waals surface area contributed by atoms with Crippen LogP contribution in [0.3, 0.4) is 0 Å². The molecular formula is C10H6F9NO5S2. The fourth-order valence-corrected chi connectivity index (χ4v) is 2.96. The molecule has 0 atom stereocenters. The lowest BCUT2D eigenvalue weighted by Crippen LogP contribution is -2.64. The van der Waals surface area contributed by atoms with Gasteiger partial charge in [-0.25, -0.2) is 0 Å². The van der Waals surface area contributed by atoms with E-state index in [2.05, 4.69) is 0 Å². The van der Waals surface area contributed by atoms with Crippen molar-refractivity contribution in [2.24, 2.45) is 0 Å². The summed E-state index contributed by atoms with van der Waals surface area (Å²) in [7, 11) is -11.7. The molecule has 0 unspecified atom stereocenters. The van der Waals surface area contributed by atoms with Crippen molar-refractivity contribution in [3.05, 3.63) is 24.3 Å². The van der Waals surface area contributed by atoms with Crippen molar-refractivity contribution in [1.29, 1.82) is 0 Å². The van der Waals surface area contributed by atoms with Gasteiger partial charge in [0.1, 0.15) is 0 Å².